The normalized spacial score (nSPS) is 10.3. The lowest BCUT2D eigenvalue weighted by molar-refractivity contribution is 0.0948. The molecule has 0 aliphatic heterocycles. The molecule has 0 spiro atoms. The molecule has 0 bridgehead atoms. The van der Waals surface area contributed by atoms with E-state index in [9.17, 15) is 9.59 Å². The summed E-state index contributed by atoms with van der Waals surface area (Å²) in [6, 6.07) is 9.93. The summed E-state index contributed by atoms with van der Waals surface area (Å²) in [5.74, 6) is 0.848. The molecule has 0 saturated heterocycles. The summed E-state index contributed by atoms with van der Waals surface area (Å²) in [6.07, 6.45) is 3.37. The number of pyridine rings is 1. The third-order valence-electron chi connectivity index (χ3n) is 3.53. The van der Waals surface area contributed by atoms with Crippen LogP contribution in [0.1, 0.15) is 10.5 Å². The number of carbonyl (C=O) groups is 1. The number of rotatable bonds is 7. The van der Waals surface area contributed by atoms with E-state index in [1.54, 1.807) is 24.5 Å². The summed E-state index contributed by atoms with van der Waals surface area (Å²) in [5, 5.41) is 20.9. The molecule has 3 rings (SSSR count). The largest absolute Gasteiger partial charge is 0.367 e. The van der Waals surface area contributed by atoms with Gasteiger partial charge in [-0.1, -0.05) is 0 Å². The fraction of sp³-hybridized carbons (Fsp3) is 0.176. The molecule has 10 nitrogen and oxygen atoms in total. The summed E-state index contributed by atoms with van der Waals surface area (Å²) >= 11 is 0. The molecule has 3 aromatic rings. The molecule has 0 fully saturated rings. The Labute approximate surface area is 154 Å². The molecule has 0 aromatic carbocycles. The number of carbonyl (C=O) groups excluding carboxylic acids is 1. The minimum absolute atomic E-state index is 0.184. The molecule has 3 heterocycles. The number of anilines is 3. The van der Waals surface area contributed by atoms with Crippen LogP contribution in [0.25, 0.3) is 0 Å². The van der Waals surface area contributed by atoms with Crippen LogP contribution in [0.5, 0.6) is 0 Å². The third kappa shape index (κ3) is 5.08. The summed E-state index contributed by atoms with van der Waals surface area (Å²) in [5.41, 5.74) is 0.784. The SMILES string of the molecule is Cn1nc(C(=O)NCCNc2ccc(Nc3ccncc3)nn2)ccc1=O. The first-order chi connectivity index (χ1) is 13.1. The number of hydrogen-bond donors (Lipinski definition) is 3. The molecule has 138 valence electrons. The van der Waals surface area contributed by atoms with Crippen molar-refractivity contribution in [2.45, 2.75) is 0 Å². The second-order valence-corrected chi connectivity index (χ2v) is 5.53. The maximum atomic E-state index is 12.0. The van der Waals surface area contributed by atoms with Gasteiger partial charge in [0.25, 0.3) is 11.5 Å². The first kappa shape index (κ1) is 18.0. The van der Waals surface area contributed by atoms with Crippen LogP contribution in [0.15, 0.2) is 53.6 Å². The summed E-state index contributed by atoms with van der Waals surface area (Å²) in [6.45, 7) is 0.825. The van der Waals surface area contributed by atoms with E-state index in [0.29, 0.717) is 24.7 Å². The highest BCUT2D eigenvalue weighted by molar-refractivity contribution is 5.91. The Morgan fingerprint density at radius 2 is 1.74 bits per heavy atom. The smallest absolute Gasteiger partial charge is 0.271 e. The first-order valence-electron chi connectivity index (χ1n) is 8.19. The van der Waals surface area contributed by atoms with Gasteiger partial charge >= 0.3 is 0 Å². The van der Waals surface area contributed by atoms with Crippen molar-refractivity contribution in [2.24, 2.45) is 7.05 Å². The summed E-state index contributed by atoms with van der Waals surface area (Å²) < 4.78 is 1.12. The second-order valence-electron chi connectivity index (χ2n) is 5.53. The molecule has 1 amide bonds. The Morgan fingerprint density at radius 3 is 2.44 bits per heavy atom. The van der Waals surface area contributed by atoms with E-state index in [2.05, 4.69) is 36.2 Å². The van der Waals surface area contributed by atoms with E-state index in [1.165, 1.54) is 19.2 Å². The van der Waals surface area contributed by atoms with Crippen molar-refractivity contribution in [3.63, 3.8) is 0 Å². The predicted molar refractivity (Wildman–Crippen MR) is 99.9 cm³/mol. The Balaban J connectivity index is 1.44. The summed E-state index contributed by atoms with van der Waals surface area (Å²) in [4.78, 5) is 27.2. The molecule has 27 heavy (non-hydrogen) atoms. The lowest BCUT2D eigenvalue weighted by atomic mass is 10.3. The van der Waals surface area contributed by atoms with Crippen LogP contribution in [0.4, 0.5) is 17.3 Å². The maximum Gasteiger partial charge on any atom is 0.271 e. The molecular formula is C17H18N8O2. The van der Waals surface area contributed by atoms with Gasteiger partial charge in [-0.3, -0.25) is 14.6 Å². The number of hydrogen-bond acceptors (Lipinski definition) is 8. The molecule has 0 atom stereocenters. The third-order valence-corrected chi connectivity index (χ3v) is 3.53. The van der Waals surface area contributed by atoms with Gasteiger partial charge < -0.3 is 16.0 Å². The number of aryl methyl sites for hydroxylation is 1. The van der Waals surface area contributed by atoms with E-state index < -0.39 is 0 Å². The summed E-state index contributed by atoms with van der Waals surface area (Å²) in [7, 11) is 1.49. The zero-order valence-electron chi connectivity index (χ0n) is 14.6. The monoisotopic (exact) mass is 366 g/mol. The van der Waals surface area contributed by atoms with Crippen molar-refractivity contribution in [1.82, 2.24) is 30.3 Å². The zero-order valence-corrected chi connectivity index (χ0v) is 14.6. The van der Waals surface area contributed by atoms with Crippen molar-refractivity contribution in [3.8, 4) is 0 Å². The average molecular weight is 366 g/mol. The average Bonchev–Trinajstić information content (AvgIpc) is 2.69. The number of amides is 1. The van der Waals surface area contributed by atoms with E-state index in [4.69, 9.17) is 0 Å². The van der Waals surface area contributed by atoms with Crippen LogP contribution in [0.3, 0.4) is 0 Å². The molecule has 0 aliphatic carbocycles. The van der Waals surface area contributed by atoms with E-state index in [1.807, 2.05) is 12.1 Å². The highest BCUT2D eigenvalue weighted by Gasteiger charge is 2.07. The Kier molecular flexibility index (Phi) is 5.67. The molecule has 0 aliphatic rings. The predicted octanol–water partition coefficient (Wildman–Crippen LogP) is 0.551. The fourth-order valence-corrected chi connectivity index (χ4v) is 2.16. The number of aromatic nitrogens is 5. The van der Waals surface area contributed by atoms with Gasteiger partial charge in [-0.15, -0.1) is 10.2 Å². The number of nitrogens with zero attached hydrogens (tertiary/aromatic N) is 5. The molecule has 10 heteroatoms. The van der Waals surface area contributed by atoms with Gasteiger partial charge in [-0.25, -0.2) is 4.68 Å². The molecule has 3 N–H and O–H groups in total. The van der Waals surface area contributed by atoms with Crippen molar-refractivity contribution in [2.75, 3.05) is 23.7 Å². The lowest BCUT2D eigenvalue weighted by Crippen LogP contribution is -2.31. The van der Waals surface area contributed by atoms with Gasteiger partial charge in [0.1, 0.15) is 11.5 Å². The van der Waals surface area contributed by atoms with Gasteiger partial charge in [0.2, 0.25) is 0 Å². The second kappa shape index (κ2) is 8.52. The van der Waals surface area contributed by atoms with Crippen LogP contribution in [-0.4, -0.2) is 44.0 Å². The van der Waals surface area contributed by atoms with E-state index in [0.717, 1.165) is 10.4 Å². The topological polar surface area (TPSA) is 127 Å². The van der Waals surface area contributed by atoms with Crippen molar-refractivity contribution >= 4 is 23.2 Å². The van der Waals surface area contributed by atoms with Crippen LogP contribution in [-0.2, 0) is 7.05 Å². The van der Waals surface area contributed by atoms with Crippen LogP contribution < -0.4 is 21.5 Å². The quantitative estimate of drug-likeness (QED) is 0.518. The van der Waals surface area contributed by atoms with Crippen LogP contribution in [0, 0.1) is 0 Å². The lowest BCUT2D eigenvalue weighted by Gasteiger charge is -2.08. The highest BCUT2D eigenvalue weighted by Crippen LogP contribution is 2.13. The number of nitrogens with one attached hydrogen (secondary N) is 3. The van der Waals surface area contributed by atoms with Gasteiger partial charge in [-0.05, 0) is 30.3 Å². The minimum Gasteiger partial charge on any atom is -0.367 e. The van der Waals surface area contributed by atoms with Gasteiger partial charge in [0, 0.05) is 44.3 Å². The molecule has 0 unspecified atom stereocenters. The van der Waals surface area contributed by atoms with Crippen molar-refractivity contribution in [3.05, 3.63) is 64.8 Å². The van der Waals surface area contributed by atoms with Crippen molar-refractivity contribution in [1.29, 1.82) is 0 Å². The maximum absolute atomic E-state index is 12.0. The highest BCUT2D eigenvalue weighted by atomic mass is 16.2. The Morgan fingerprint density at radius 1 is 1.00 bits per heavy atom. The molecule has 0 saturated carbocycles. The molecular weight excluding hydrogens is 348 g/mol. The van der Waals surface area contributed by atoms with Gasteiger partial charge in [0.05, 0.1) is 0 Å². The first-order valence-corrected chi connectivity index (χ1v) is 8.19. The standard InChI is InChI=1S/C17H18N8O2/c1-25-16(26)5-2-13(24-25)17(27)20-11-10-19-14-3-4-15(23-22-14)21-12-6-8-18-9-7-12/h2-9H,10-11H2,1H3,(H,19,22)(H,20,27)(H,18,21,23). The molecule has 0 radical (unpaired) electrons. The van der Waals surface area contributed by atoms with Crippen molar-refractivity contribution < 1.29 is 4.79 Å². The zero-order chi connectivity index (χ0) is 19.1. The van der Waals surface area contributed by atoms with Crippen LogP contribution in [0.2, 0.25) is 0 Å². The van der Waals surface area contributed by atoms with Gasteiger partial charge in [-0.2, -0.15) is 5.10 Å². The molecule has 3 aromatic heterocycles. The minimum atomic E-state index is -0.351. The fourth-order valence-electron chi connectivity index (χ4n) is 2.16. The Bertz CT molecular complexity index is 957. The van der Waals surface area contributed by atoms with Gasteiger partial charge in [0.15, 0.2) is 5.82 Å². The Hall–Kier alpha value is -3.82. The van der Waals surface area contributed by atoms with Crippen LogP contribution >= 0.6 is 0 Å². The van der Waals surface area contributed by atoms with E-state index in [-0.39, 0.29) is 17.2 Å². The van der Waals surface area contributed by atoms with E-state index >= 15 is 0 Å².